The lowest BCUT2D eigenvalue weighted by Crippen LogP contribution is -2.24. The minimum absolute atomic E-state index is 0.0631. The molecule has 0 radical (unpaired) electrons. The fraction of sp³-hybridized carbons (Fsp3) is 0.211. The molecule has 0 fully saturated rings. The van der Waals surface area contributed by atoms with Crippen molar-refractivity contribution in [3.63, 3.8) is 0 Å². The van der Waals surface area contributed by atoms with Crippen LogP contribution in [-0.4, -0.2) is 28.5 Å². The summed E-state index contributed by atoms with van der Waals surface area (Å²) in [6.45, 7) is 0.162. The molecule has 0 bridgehead atoms. The molecule has 5 rings (SSSR count). The quantitative estimate of drug-likeness (QED) is 0.115. The van der Waals surface area contributed by atoms with Crippen LogP contribution in [0, 0.1) is 0 Å². The van der Waals surface area contributed by atoms with E-state index >= 15 is 4.39 Å². The third-order valence-corrected chi connectivity index (χ3v) is 7.48. The molecule has 0 heterocycles. The van der Waals surface area contributed by atoms with Gasteiger partial charge in [-0.1, -0.05) is 97.1 Å². The first-order valence-corrected chi connectivity index (χ1v) is 14.9. The number of benzene rings is 5. The van der Waals surface area contributed by atoms with Gasteiger partial charge in [-0.05, 0) is 52.1 Å². The van der Waals surface area contributed by atoms with Gasteiger partial charge in [0.25, 0.3) is 0 Å². The van der Waals surface area contributed by atoms with Gasteiger partial charge in [-0.25, -0.2) is 4.39 Å². The molecular formula is C38H37FO7. The summed E-state index contributed by atoms with van der Waals surface area (Å²) in [6.07, 6.45) is -5.66. The minimum atomic E-state index is -2.12. The number of aliphatic hydroxyl groups excluding tert-OH is 3. The summed E-state index contributed by atoms with van der Waals surface area (Å²) in [6, 6.07) is 36.1. The van der Waals surface area contributed by atoms with Gasteiger partial charge in [0.1, 0.15) is 32.0 Å². The highest BCUT2D eigenvalue weighted by Gasteiger charge is 2.33. The number of hydrogen-bond acceptors (Lipinski definition) is 7. The molecule has 5 aromatic rings. The number of alkyl halides is 1. The van der Waals surface area contributed by atoms with Crippen LogP contribution in [0.2, 0.25) is 0 Å². The Morgan fingerprint density at radius 2 is 1.11 bits per heavy atom. The fourth-order valence-electron chi connectivity index (χ4n) is 4.97. The van der Waals surface area contributed by atoms with Gasteiger partial charge in [0.05, 0.1) is 13.7 Å². The first kappa shape index (κ1) is 32.5. The van der Waals surface area contributed by atoms with Crippen LogP contribution in [0.3, 0.4) is 0 Å². The van der Waals surface area contributed by atoms with Crippen molar-refractivity contribution >= 4 is 0 Å². The second-order valence-electron chi connectivity index (χ2n) is 10.7. The van der Waals surface area contributed by atoms with Crippen molar-refractivity contribution < 1.29 is 38.7 Å². The van der Waals surface area contributed by atoms with E-state index in [1.807, 2.05) is 91.0 Å². The van der Waals surface area contributed by atoms with Gasteiger partial charge >= 0.3 is 0 Å². The molecule has 5 aromatic carbocycles. The maximum Gasteiger partial charge on any atom is 0.167 e. The molecule has 46 heavy (non-hydrogen) atoms. The predicted molar refractivity (Wildman–Crippen MR) is 172 cm³/mol. The topological polar surface area (TPSA) is 97.6 Å². The largest absolute Gasteiger partial charge is 0.493 e. The summed E-state index contributed by atoms with van der Waals surface area (Å²) < 4.78 is 40.0. The van der Waals surface area contributed by atoms with E-state index < -0.39 is 25.0 Å². The lowest BCUT2D eigenvalue weighted by atomic mass is 9.94. The molecule has 0 aliphatic carbocycles. The fourth-order valence-corrected chi connectivity index (χ4v) is 4.97. The summed E-state index contributed by atoms with van der Waals surface area (Å²) in [5.41, 5.74) is 3.20. The minimum Gasteiger partial charge on any atom is -0.493 e. The van der Waals surface area contributed by atoms with Crippen LogP contribution in [0.15, 0.2) is 121 Å². The van der Waals surface area contributed by atoms with E-state index in [0.29, 0.717) is 23.7 Å². The lowest BCUT2D eigenvalue weighted by Gasteiger charge is -2.26. The van der Waals surface area contributed by atoms with Crippen molar-refractivity contribution in [1.29, 1.82) is 0 Å². The van der Waals surface area contributed by atoms with Crippen LogP contribution >= 0.6 is 0 Å². The molecule has 8 heteroatoms. The Kier molecular flexibility index (Phi) is 11.2. The predicted octanol–water partition coefficient (Wildman–Crippen LogP) is 7.03. The molecule has 3 unspecified atom stereocenters. The van der Waals surface area contributed by atoms with Crippen LogP contribution in [0.1, 0.15) is 45.7 Å². The third-order valence-electron chi connectivity index (χ3n) is 7.48. The zero-order chi connectivity index (χ0) is 32.3. The average Bonchev–Trinajstić information content (AvgIpc) is 3.12. The molecular weight excluding hydrogens is 587 g/mol. The number of hydrogen-bond donors (Lipinski definition) is 3. The van der Waals surface area contributed by atoms with Gasteiger partial charge < -0.3 is 34.3 Å². The van der Waals surface area contributed by atoms with Gasteiger partial charge in [-0.2, -0.15) is 0 Å². The molecule has 0 spiro atoms. The second-order valence-corrected chi connectivity index (χ2v) is 10.7. The lowest BCUT2D eigenvalue weighted by molar-refractivity contribution is -0.0323. The smallest absolute Gasteiger partial charge is 0.167 e. The zero-order valence-electron chi connectivity index (χ0n) is 25.5. The van der Waals surface area contributed by atoms with Gasteiger partial charge in [0, 0.05) is 5.56 Å². The molecule has 0 amide bonds. The summed E-state index contributed by atoms with van der Waals surface area (Å²) in [5, 5.41) is 32.4. The molecule has 0 saturated heterocycles. The van der Waals surface area contributed by atoms with Gasteiger partial charge in [-0.15, -0.1) is 0 Å². The number of aliphatic hydroxyl groups is 3. The van der Waals surface area contributed by atoms with E-state index in [4.69, 9.17) is 18.9 Å². The van der Waals surface area contributed by atoms with E-state index in [1.165, 1.54) is 19.2 Å². The average molecular weight is 625 g/mol. The maximum absolute atomic E-state index is 16.4. The Hall–Kier alpha value is -4.89. The highest BCUT2D eigenvalue weighted by Crippen LogP contribution is 2.43. The first-order valence-electron chi connectivity index (χ1n) is 14.9. The first-order chi connectivity index (χ1) is 22.5. The molecule has 0 aliphatic rings. The van der Waals surface area contributed by atoms with Crippen LogP contribution in [-0.2, 0) is 26.4 Å². The van der Waals surface area contributed by atoms with E-state index in [1.54, 1.807) is 18.2 Å². The molecule has 0 aliphatic heterocycles. The number of ether oxygens (including phenoxy) is 4. The second kappa shape index (κ2) is 15.9. The highest BCUT2D eigenvalue weighted by atomic mass is 19.1. The SMILES string of the molecule is COc1cc(C(O)C(O)C(F)c2cc(CO)cc(OCc3ccccc3)c2OCc2ccccc2)ccc1OCc1ccccc1. The Bertz CT molecular complexity index is 1670. The summed E-state index contributed by atoms with van der Waals surface area (Å²) in [5.74, 6) is 1.02. The Labute approximate surface area is 268 Å². The van der Waals surface area contributed by atoms with Crippen LogP contribution in [0.5, 0.6) is 23.0 Å². The Balaban J connectivity index is 1.41. The summed E-state index contributed by atoms with van der Waals surface area (Å²) >= 11 is 0. The van der Waals surface area contributed by atoms with Crippen LogP contribution in [0.25, 0.3) is 0 Å². The number of methoxy groups -OCH3 is 1. The monoisotopic (exact) mass is 624 g/mol. The summed E-state index contributed by atoms with van der Waals surface area (Å²) in [7, 11) is 1.46. The van der Waals surface area contributed by atoms with E-state index in [0.717, 1.165) is 16.7 Å². The normalized spacial score (nSPS) is 13.0. The number of rotatable bonds is 15. The zero-order valence-corrected chi connectivity index (χ0v) is 25.5. The molecule has 7 nitrogen and oxygen atoms in total. The van der Waals surface area contributed by atoms with Crippen molar-refractivity contribution in [3.8, 4) is 23.0 Å². The Morgan fingerprint density at radius 3 is 1.63 bits per heavy atom. The van der Waals surface area contributed by atoms with Crippen molar-refractivity contribution in [2.75, 3.05) is 7.11 Å². The van der Waals surface area contributed by atoms with Gasteiger partial charge in [-0.3, -0.25) is 0 Å². The molecule has 3 atom stereocenters. The molecule has 0 aromatic heterocycles. The van der Waals surface area contributed by atoms with Gasteiger partial charge in [0.2, 0.25) is 0 Å². The van der Waals surface area contributed by atoms with Crippen molar-refractivity contribution in [3.05, 3.63) is 155 Å². The van der Waals surface area contributed by atoms with Crippen molar-refractivity contribution in [1.82, 2.24) is 0 Å². The maximum atomic E-state index is 16.4. The molecule has 238 valence electrons. The highest BCUT2D eigenvalue weighted by molar-refractivity contribution is 5.51. The molecule has 0 saturated carbocycles. The third kappa shape index (κ3) is 8.22. The molecule has 3 N–H and O–H groups in total. The number of halogens is 1. The van der Waals surface area contributed by atoms with E-state index in [-0.39, 0.29) is 35.8 Å². The van der Waals surface area contributed by atoms with E-state index in [2.05, 4.69) is 0 Å². The Morgan fingerprint density at radius 1 is 0.587 bits per heavy atom. The standard InChI is InChI=1S/C38H37FO7/c1-43-33-21-30(17-18-32(33)44-23-26-11-5-2-6-12-26)36(41)37(42)35(39)31-19-29(22-40)20-34(45-24-27-13-7-3-8-14-27)38(31)46-25-28-15-9-4-10-16-28/h2-21,35-37,40-42H,22-25H2,1H3. The van der Waals surface area contributed by atoms with Crippen molar-refractivity contribution in [2.45, 2.75) is 44.8 Å². The van der Waals surface area contributed by atoms with Crippen molar-refractivity contribution in [2.24, 2.45) is 0 Å². The van der Waals surface area contributed by atoms with E-state index in [9.17, 15) is 15.3 Å². The summed E-state index contributed by atoms with van der Waals surface area (Å²) in [4.78, 5) is 0. The van der Waals surface area contributed by atoms with Crippen LogP contribution in [0.4, 0.5) is 4.39 Å². The van der Waals surface area contributed by atoms with Crippen LogP contribution < -0.4 is 18.9 Å². The van der Waals surface area contributed by atoms with Gasteiger partial charge in [0.15, 0.2) is 29.2 Å².